The summed E-state index contributed by atoms with van der Waals surface area (Å²) < 4.78 is 13.3. The number of hydrogen-bond acceptors (Lipinski definition) is 4. The molecule has 2 aliphatic heterocycles. The Morgan fingerprint density at radius 3 is 2.49 bits per heavy atom. The molecule has 2 aliphatic rings. The van der Waals surface area contributed by atoms with Crippen LogP contribution >= 0.6 is 23.2 Å². The molecule has 2 saturated heterocycles. The summed E-state index contributed by atoms with van der Waals surface area (Å²) in [5, 5.41) is 6.85. The summed E-state index contributed by atoms with van der Waals surface area (Å²) >= 11 is 12.4. The number of benzene rings is 2. The van der Waals surface area contributed by atoms with Gasteiger partial charge in [-0.05, 0) is 47.7 Å². The van der Waals surface area contributed by atoms with Gasteiger partial charge in [-0.1, -0.05) is 55.2 Å². The number of amides is 4. The predicted octanol–water partition coefficient (Wildman–Crippen LogP) is 4.12. The molecule has 2 aromatic rings. The third-order valence-electron chi connectivity index (χ3n) is 6.58. The minimum atomic E-state index is -0.710. The summed E-state index contributed by atoms with van der Waals surface area (Å²) in [5.41, 5.74) is 1.46. The van der Waals surface area contributed by atoms with Crippen LogP contribution in [-0.2, 0) is 22.7 Å². The number of urea groups is 1. The predicted molar refractivity (Wildman–Crippen MR) is 139 cm³/mol. The van der Waals surface area contributed by atoms with Crippen molar-refractivity contribution in [1.29, 1.82) is 0 Å². The number of carbonyl (C=O) groups is 3. The highest BCUT2D eigenvalue weighted by Crippen LogP contribution is 2.31. The number of piperazine rings is 1. The molecule has 2 fully saturated rings. The molecule has 1 N–H and O–H groups in total. The minimum Gasteiger partial charge on any atom is -0.333 e. The van der Waals surface area contributed by atoms with E-state index in [0.29, 0.717) is 16.5 Å². The number of rotatable bonds is 6. The van der Waals surface area contributed by atoms with Crippen LogP contribution in [-0.4, -0.2) is 70.0 Å². The Labute approximate surface area is 225 Å². The zero-order chi connectivity index (χ0) is 26.9. The molecule has 0 radical (unpaired) electrons. The van der Waals surface area contributed by atoms with Crippen LogP contribution in [0.15, 0.2) is 42.5 Å². The van der Waals surface area contributed by atoms with Crippen molar-refractivity contribution < 1.29 is 18.8 Å². The van der Waals surface area contributed by atoms with E-state index in [9.17, 15) is 18.8 Å². The van der Waals surface area contributed by atoms with Crippen molar-refractivity contribution in [3.63, 3.8) is 0 Å². The number of hydrazine groups is 1. The first-order valence-electron chi connectivity index (χ1n) is 12.1. The van der Waals surface area contributed by atoms with Crippen molar-refractivity contribution >= 4 is 41.0 Å². The SMILES string of the molecule is CC(C)C[C@H]1C(=O)N(Cc2ccc(Cl)cc2Cl)C[C@H]2N1C(=O)CN(C)N2C(=O)NCc1ccc(F)cc1. The van der Waals surface area contributed by atoms with Gasteiger partial charge in [0.05, 0.1) is 13.1 Å². The van der Waals surface area contributed by atoms with E-state index in [1.807, 2.05) is 13.8 Å². The van der Waals surface area contributed by atoms with Gasteiger partial charge in [0.25, 0.3) is 0 Å². The van der Waals surface area contributed by atoms with Gasteiger partial charge in [-0.2, -0.15) is 0 Å². The molecule has 0 aliphatic carbocycles. The van der Waals surface area contributed by atoms with Crippen LogP contribution < -0.4 is 5.32 Å². The molecular formula is C26H30Cl2FN5O3. The van der Waals surface area contributed by atoms with Gasteiger partial charge in [-0.15, -0.1) is 0 Å². The van der Waals surface area contributed by atoms with Crippen molar-refractivity contribution in [3.8, 4) is 0 Å². The largest absolute Gasteiger partial charge is 0.334 e. The molecule has 4 rings (SSSR count). The third-order valence-corrected chi connectivity index (χ3v) is 7.16. The Morgan fingerprint density at radius 2 is 1.84 bits per heavy atom. The number of carbonyl (C=O) groups excluding carboxylic acids is 3. The standard InChI is InChI=1S/C26H30Cl2FN5O3/c1-16(2)10-22-25(36)32(13-18-6-7-19(27)11-21(18)28)14-23-33(22)24(35)15-31(3)34(23)26(37)30-12-17-4-8-20(29)9-5-17/h4-9,11,16,22-23H,10,12-15H2,1-3H3,(H,30,37)/t22-,23-/m0/s1. The van der Waals surface area contributed by atoms with Crippen LogP contribution in [0.25, 0.3) is 0 Å². The van der Waals surface area contributed by atoms with Gasteiger partial charge in [0.15, 0.2) is 0 Å². The summed E-state index contributed by atoms with van der Waals surface area (Å²) in [4.78, 5) is 43.4. The van der Waals surface area contributed by atoms with Gasteiger partial charge in [-0.3, -0.25) is 9.59 Å². The zero-order valence-electron chi connectivity index (χ0n) is 21.0. The van der Waals surface area contributed by atoms with Crippen LogP contribution in [0, 0.1) is 11.7 Å². The second-order valence-electron chi connectivity index (χ2n) is 9.83. The van der Waals surface area contributed by atoms with Gasteiger partial charge in [0, 0.05) is 30.2 Å². The van der Waals surface area contributed by atoms with Crippen molar-refractivity contribution in [2.75, 3.05) is 20.1 Å². The Morgan fingerprint density at radius 1 is 1.14 bits per heavy atom. The van der Waals surface area contributed by atoms with Crippen molar-refractivity contribution in [1.82, 2.24) is 25.1 Å². The lowest BCUT2D eigenvalue weighted by Gasteiger charge is -2.54. The molecule has 0 aromatic heterocycles. The van der Waals surface area contributed by atoms with Gasteiger partial charge >= 0.3 is 6.03 Å². The highest BCUT2D eigenvalue weighted by molar-refractivity contribution is 6.35. The van der Waals surface area contributed by atoms with Crippen molar-refractivity contribution in [3.05, 3.63) is 69.5 Å². The summed E-state index contributed by atoms with van der Waals surface area (Å²) in [6.45, 7) is 4.47. The maximum absolute atomic E-state index is 13.6. The molecule has 0 unspecified atom stereocenters. The average Bonchev–Trinajstić information content (AvgIpc) is 2.82. The van der Waals surface area contributed by atoms with E-state index in [4.69, 9.17) is 23.2 Å². The Kier molecular flexibility index (Phi) is 8.26. The molecule has 8 nitrogen and oxygen atoms in total. The summed E-state index contributed by atoms with van der Waals surface area (Å²) in [7, 11) is 1.67. The number of fused-ring (bicyclic) bond motifs is 1. The number of nitrogens with one attached hydrogen (secondary N) is 1. The molecule has 0 bridgehead atoms. The molecule has 198 valence electrons. The first kappa shape index (κ1) is 27.2. The molecule has 2 atom stereocenters. The first-order chi connectivity index (χ1) is 17.5. The van der Waals surface area contributed by atoms with Crippen molar-refractivity contribution in [2.45, 2.75) is 45.6 Å². The monoisotopic (exact) mass is 549 g/mol. The van der Waals surface area contributed by atoms with Crippen molar-refractivity contribution in [2.24, 2.45) is 5.92 Å². The first-order valence-corrected chi connectivity index (χ1v) is 12.9. The van der Waals surface area contributed by atoms with E-state index in [0.717, 1.165) is 11.1 Å². The summed E-state index contributed by atoms with van der Waals surface area (Å²) in [5.74, 6) is -0.607. The smallest absolute Gasteiger partial charge is 0.333 e. The van der Waals surface area contributed by atoms with E-state index >= 15 is 0 Å². The average molecular weight is 550 g/mol. The molecule has 0 spiro atoms. The van der Waals surface area contributed by atoms with E-state index in [1.165, 1.54) is 17.1 Å². The fourth-order valence-corrected chi connectivity index (χ4v) is 5.31. The second-order valence-corrected chi connectivity index (χ2v) is 10.7. The topological polar surface area (TPSA) is 76.2 Å². The van der Waals surface area contributed by atoms with Crippen LogP contribution in [0.1, 0.15) is 31.4 Å². The second kappa shape index (κ2) is 11.2. The number of halogens is 3. The maximum Gasteiger partial charge on any atom is 0.334 e. The number of hydrogen-bond donors (Lipinski definition) is 1. The van der Waals surface area contributed by atoms with Crippen LogP contribution in [0.3, 0.4) is 0 Å². The van der Waals surface area contributed by atoms with Crippen LogP contribution in [0.4, 0.5) is 9.18 Å². The molecule has 37 heavy (non-hydrogen) atoms. The highest BCUT2D eigenvalue weighted by atomic mass is 35.5. The van der Waals surface area contributed by atoms with E-state index in [-0.39, 0.29) is 49.7 Å². The summed E-state index contributed by atoms with van der Waals surface area (Å²) in [6.07, 6.45) is -0.243. The Hall–Kier alpha value is -2.88. The fourth-order valence-electron chi connectivity index (χ4n) is 4.84. The normalized spacial score (nSPS) is 20.5. The molecule has 2 aromatic carbocycles. The zero-order valence-corrected chi connectivity index (χ0v) is 22.5. The molecule has 0 saturated carbocycles. The van der Waals surface area contributed by atoms with E-state index < -0.39 is 18.2 Å². The van der Waals surface area contributed by atoms with Gasteiger partial charge < -0.3 is 15.1 Å². The van der Waals surface area contributed by atoms with E-state index in [1.54, 1.807) is 52.2 Å². The highest BCUT2D eigenvalue weighted by Gasteiger charge is 2.50. The lowest BCUT2D eigenvalue weighted by Crippen LogP contribution is -2.75. The molecule has 11 heteroatoms. The van der Waals surface area contributed by atoms with Gasteiger partial charge in [0.2, 0.25) is 11.8 Å². The lowest BCUT2D eigenvalue weighted by molar-refractivity contribution is -0.188. The quantitative estimate of drug-likeness (QED) is 0.588. The van der Waals surface area contributed by atoms with Gasteiger partial charge in [-0.25, -0.2) is 19.2 Å². The number of likely N-dealkylation sites (N-methyl/N-ethyl adjacent to an activating group) is 1. The Bertz CT molecular complexity index is 1180. The van der Waals surface area contributed by atoms with Crippen LogP contribution in [0.2, 0.25) is 10.0 Å². The summed E-state index contributed by atoms with van der Waals surface area (Å²) in [6, 6.07) is 9.83. The minimum absolute atomic E-state index is 0.0364. The Balaban J connectivity index is 1.62. The lowest BCUT2D eigenvalue weighted by atomic mass is 9.96. The molecule has 4 amide bonds. The molecule has 2 heterocycles. The van der Waals surface area contributed by atoms with Crippen LogP contribution in [0.5, 0.6) is 0 Å². The third kappa shape index (κ3) is 6.00. The fraction of sp³-hybridized carbons (Fsp3) is 0.423. The van der Waals surface area contributed by atoms with Gasteiger partial charge in [0.1, 0.15) is 18.0 Å². The maximum atomic E-state index is 13.6. The van der Waals surface area contributed by atoms with E-state index in [2.05, 4.69) is 5.32 Å². The number of nitrogens with zero attached hydrogens (tertiary/aromatic N) is 4. The molecular weight excluding hydrogens is 520 g/mol.